The summed E-state index contributed by atoms with van der Waals surface area (Å²) in [5, 5.41) is 33.9. The van der Waals surface area contributed by atoms with Crippen molar-refractivity contribution in [2.45, 2.75) is 58.2 Å². The maximum Gasteiger partial charge on any atom is 3.00 e. The van der Waals surface area contributed by atoms with Crippen molar-refractivity contribution in [1.82, 2.24) is 19.6 Å². The Balaban J connectivity index is 0.0000230. The molecular weight excluding hydrogens is 817 g/mol. The molecule has 0 aromatic heterocycles. The van der Waals surface area contributed by atoms with E-state index in [4.69, 9.17) is 14.0 Å². The minimum atomic E-state index is -4.63. The zero-order valence-corrected chi connectivity index (χ0v) is 31.2. The number of carbonyl (C=O) groups is 6. The first-order chi connectivity index (χ1) is 22.6. The Labute approximate surface area is 318 Å². The second-order valence-electron chi connectivity index (χ2n) is 11.4. The SMILES string of the molecule is CCCC(=O)OCC(OC(=O)CCC)P(=O)(O)OCCCC(=O)CN1CCN(CC(=O)[O-])CCN(CC(=O)[O-])CCN(CC(=O)[O-])CC1.[Gd+3]. The number of carboxylic acids is 3. The van der Waals surface area contributed by atoms with Gasteiger partial charge in [0.2, 0.25) is 5.85 Å². The minimum absolute atomic E-state index is 0. The molecule has 1 N–H and O–H groups in total. The first-order valence-electron chi connectivity index (χ1n) is 16.0. The van der Waals surface area contributed by atoms with Crippen LogP contribution in [0.5, 0.6) is 0 Å². The summed E-state index contributed by atoms with van der Waals surface area (Å²) in [7, 11) is -4.63. The van der Waals surface area contributed by atoms with E-state index >= 15 is 0 Å². The van der Waals surface area contributed by atoms with Crippen LogP contribution >= 0.6 is 7.60 Å². The molecule has 1 aliphatic heterocycles. The van der Waals surface area contributed by atoms with Gasteiger partial charge in [-0.15, -0.1) is 0 Å². The largest absolute Gasteiger partial charge is 3.00 e. The second-order valence-corrected chi connectivity index (χ2v) is 13.4. The van der Waals surface area contributed by atoms with Crippen molar-refractivity contribution in [2.75, 3.05) is 91.8 Å². The average Bonchev–Trinajstić information content (AvgIpc) is 2.98. The number of hydrogen-bond donors (Lipinski definition) is 1. The number of hydrogen-bond acceptors (Lipinski definition) is 17. The number of carboxylic acid groups (broad SMARTS) is 3. The first-order valence-corrected chi connectivity index (χ1v) is 17.6. The molecule has 0 amide bonds. The molecule has 1 radical (unpaired) electrons. The van der Waals surface area contributed by atoms with Crippen molar-refractivity contribution < 1.29 is 107 Å². The summed E-state index contributed by atoms with van der Waals surface area (Å²) in [5.41, 5.74) is 0. The van der Waals surface area contributed by atoms with E-state index in [0.717, 1.165) is 0 Å². The first kappa shape index (κ1) is 47.3. The average molecular weight is 865 g/mol. The van der Waals surface area contributed by atoms with Crippen molar-refractivity contribution >= 4 is 43.2 Å². The van der Waals surface area contributed by atoms with E-state index in [2.05, 4.69) is 0 Å². The van der Waals surface area contributed by atoms with Gasteiger partial charge < -0.3 is 48.6 Å². The van der Waals surface area contributed by atoms with E-state index in [1.165, 1.54) is 4.90 Å². The molecule has 1 aliphatic rings. The van der Waals surface area contributed by atoms with Gasteiger partial charge in [0.1, 0.15) is 12.4 Å². The van der Waals surface area contributed by atoms with Gasteiger partial charge in [0.05, 0.1) is 31.1 Å². The van der Waals surface area contributed by atoms with Gasteiger partial charge in [-0.3, -0.25) is 38.5 Å². The fourth-order valence-corrected chi connectivity index (χ4v) is 5.76. The van der Waals surface area contributed by atoms with Gasteiger partial charge in [-0.2, -0.15) is 0 Å². The number of nitrogens with zero attached hydrogens (tertiary/aromatic N) is 4. The number of ketones is 1. The van der Waals surface area contributed by atoms with Crippen LogP contribution in [0.15, 0.2) is 0 Å². The number of aliphatic carboxylic acids is 3. The molecule has 0 aliphatic carbocycles. The third kappa shape index (κ3) is 22.7. The summed E-state index contributed by atoms with van der Waals surface area (Å²) < 4.78 is 28.1. The van der Waals surface area contributed by atoms with Gasteiger partial charge in [0.15, 0.2) is 0 Å². The summed E-state index contributed by atoms with van der Waals surface area (Å²) in [6.07, 6.45) is 0.888. The third-order valence-electron chi connectivity index (χ3n) is 7.19. The van der Waals surface area contributed by atoms with Crippen molar-refractivity contribution in [1.29, 1.82) is 0 Å². The molecule has 2 unspecified atom stereocenters. The van der Waals surface area contributed by atoms with Crippen molar-refractivity contribution in [3.63, 3.8) is 0 Å². The third-order valence-corrected chi connectivity index (χ3v) is 8.73. The Kier molecular flexibility index (Phi) is 25.3. The second kappa shape index (κ2) is 26.2. The molecule has 0 saturated carbocycles. The van der Waals surface area contributed by atoms with E-state index in [9.17, 15) is 53.5 Å². The van der Waals surface area contributed by atoms with E-state index in [0.29, 0.717) is 12.8 Å². The summed E-state index contributed by atoms with van der Waals surface area (Å²) in [6.45, 7) is 2.47. The van der Waals surface area contributed by atoms with Crippen LogP contribution in [0.1, 0.15) is 52.4 Å². The molecule has 1 fully saturated rings. The quantitative estimate of drug-likeness (QED) is 0.0656. The maximum atomic E-state index is 12.9. The van der Waals surface area contributed by atoms with Crippen LogP contribution in [0.3, 0.4) is 0 Å². The Hall–Kier alpha value is -1.67. The van der Waals surface area contributed by atoms with Gasteiger partial charge in [0.25, 0.3) is 0 Å². The Morgan fingerprint density at radius 3 is 1.45 bits per heavy atom. The Morgan fingerprint density at radius 2 is 1.06 bits per heavy atom. The molecular formula is C29H48GdN4O14P. The minimum Gasteiger partial charge on any atom is -0.549 e. The number of carbonyl (C=O) groups excluding carboxylic acids is 6. The topological polar surface area (TPSA) is 250 Å². The zero-order valence-electron chi connectivity index (χ0n) is 28.1. The van der Waals surface area contributed by atoms with E-state index in [1.54, 1.807) is 28.5 Å². The van der Waals surface area contributed by atoms with Crippen LogP contribution in [-0.4, -0.2) is 158 Å². The van der Waals surface area contributed by atoms with E-state index in [-0.39, 0.29) is 137 Å². The molecule has 20 heteroatoms. The molecule has 2 atom stereocenters. The summed E-state index contributed by atoms with van der Waals surface area (Å²) >= 11 is 0. The van der Waals surface area contributed by atoms with Gasteiger partial charge in [-0.1, -0.05) is 13.8 Å². The molecule has 0 spiro atoms. The van der Waals surface area contributed by atoms with Crippen molar-refractivity contribution in [2.24, 2.45) is 0 Å². The van der Waals surface area contributed by atoms with E-state index < -0.39 is 69.5 Å². The predicted octanol–water partition coefficient (Wildman–Crippen LogP) is -3.98. The molecule has 0 aromatic rings. The molecule has 281 valence electrons. The Morgan fingerprint density at radius 1 is 0.673 bits per heavy atom. The van der Waals surface area contributed by atoms with Gasteiger partial charge in [-0.25, -0.2) is 0 Å². The molecule has 1 saturated heterocycles. The monoisotopic (exact) mass is 865 g/mol. The molecule has 1 rings (SSSR count). The molecule has 0 bridgehead atoms. The van der Waals surface area contributed by atoms with Gasteiger partial charge >= 0.3 is 59.5 Å². The maximum absolute atomic E-state index is 12.9. The van der Waals surface area contributed by atoms with Crippen LogP contribution < -0.4 is 15.3 Å². The van der Waals surface area contributed by atoms with Crippen molar-refractivity contribution in [3.05, 3.63) is 0 Å². The fraction of sp³-hybridized carbons (Fsp3) is 0.793. The number of rotatable bonds is 21. The summed E-state index contributed by atoms with van der Waals surface area (Å²) in [6, 6.07) is 0. The molecule has 49 heavy (non-hydrogen) atoms. The van der Waals surface area contributed by atoms with Crippen LogP contribution in [0, 0.1) is 39.9 Å². The number of ether oxygens (including phenoxy) is 2. The normalized spacial score (nSPS) is 17.7. The van der Waals surface area contributed by atoms with Crippen LogP contribution in [0.25, 0.3) is 0 Å². The summed E-state index contributed by atoms with van der Waals surface area (Å²) in [4.78, 5) is 87.4. The van der Waals surface area contributed by atoms with Crippen LogP contribution in [0.2, 0.25) is 0 Å². The van der Waals surface area contributed by atoms with Gasteiger partial charge in [0, 0.05) is 91.3 Å². The van der Waals surface area contributed by atoms with E-state index in [1.807, 2.05) is 0 Å². The van der Waals surface area contributed by atoms with Crippen LogP contribution in [0.4, 0.5) is 0 Å². The molecule has 0 aromatic carbocycles. The van der Waals surface area contributed by atoms with Gasteiger partial charge in [-0.05, 0) is 19.3 Å². The molecule has 1 heterocycles. The zero-order chi connectivity index (χ0) is 36.1. The number of esters is 2. The number of Topliss-reactive ketones (excluding diaryl/α,β-unsaturated/α-hetero) is 1. The smallest absolute Gasteiger partial charge is 0.549 e. The van der Waals surface area contributed by atoms with Crippen LogP contribution in [-0.2, 0) is 47.3 Å². The fourth-order valence-electron chi connectivity index (χ4n) is 4.69. The summed E-state index contributed by atoms with van der Waals surface area (Å²) in [5.74, 6) is -7.42. The predicted molar refractivity (Wildman–Crippen MR) is 161 cm³/mol. The standard InChI is InChI=1S/C29H51N4O14P.Gd/c1-3-6-27(41)45-22-29(47-28(42)7-4-2)48(43,44)46-17-5-8-23(34)18-30-9-11-31(19-24(35)36)13-15-33(21-26(39)40)16-14-32(12-10-30)20-25(37)38;/h29H,3-22H2,1-2H3,(H,35,36)(H,37,38)(H,39,40)(H,43,44);/q;+3/p-3. The van der Waals surface area contributed by atoms with Crippen molar-refractivity contribution in [3.8, 4) is 0 Å². The molecule has 18 nitrogen and oxygen atoms in total. The Bertz CT molecular complexity index is 1080.